The molecule has 4 aromatic rings. The first-order valence-corrected chi connectivity index (χ1v) is 16.0. The van der Waals surface area contributed by atoms with Crippen molar-refractivity contribution in [2.45, 2.75) is 37.6 Å². The Morgan fingerprint density at radius 3 is 2.54 bits per heavy atom. The monoisotopic (exact) mass is 721 g/mol. The number of aliphatic imine (C=N–C) groups is 1. The van der Waals surface area contributed by atoms with Crippen molar-refractivity contribution in [1.29, 1.82) is 0 Å². The lowest BCUT2D eigenvalue weighted by Gasteiger charge is -2.32. The third-order valence-electron chi connectivity index (χ3n) is 7.51. The molecule has 0 aliphatic carbocycles. The lowest BCUT2D eigenvalue weighted by atomic mass is 9.80. The van der Waals surface area contributed by atoms with Crippen LogP contribution in [0, 0.1) is 0 Å². The van der Waals surface area contributed by atoms with E-state index < -0.39 is 11.6 Å². The minimum Gasteiger partial charge on any atom is -0.494 e. The molecule has 0 radical (unpaired) electrons. The predicted molar refractivity (Wildman–Crippen MR) is 182 cm³/mol. The number of aliphatic hydroxyl groups excluding tert-OH is 1. The second kappa shape index (κ2) is 15.5. The Balaban J connectivity index is 1.60. The van der Waals surface area contributed by atoms with Gasteiger partial charge < -0.3 is 19.9 Å². The van der Waals surface area contributed by atoms with Crippen LogP contribution in [-0.4, -0.2) is 35.7 Å². The zero-order chi connectivity index (χ0) is 32.5. The van der Waals surface area contributed by atoms with E-state index in [0.717, 1.165) is 10.0 Å². The molecule has 0 aromatic heterocycles. The maximum atomic E-state index is 14.6. The molecule has 9 nitrogen and oxygen atoms in total. The van der Waals surface area contributed by atoms with Crippen LogP contribution in [0.15, 0.2) is 106 Å². The highest BCUT2D eigenvalue weighted by Gasteiger charge is 2.53. The lowest BCUT2D eigenvalue weighted by Crippen LogP contribution is -2.50. The van der Waals surface area contributed by atoms with Gasteiger partial charge in [0.05, 0.1) is 13.2 Å². The van der Waals surface area contributed by atoms with Crippen molar-refractivity contribution < 1.29 is 19.4 Å². The number of nitrogens with one attached hydrogen (secondary N) is 1. The van der Waals surface area contributed by atoms with Gasteiger partial charge in [-0.3, -0.25) is 4.79 Å². The van der Waals surface area contributed by atoms with Crippen LogP contribution in [0.25, 0.3) is 10.4 Å². The largest absolute Gasteiger partial charge is 0.494 e. The van der Waals surface area contributed by atoms with E-state index in [-0.39, 0.29) is 37.9 Å². The van der Waals surface area contributed by atoms with Gasteiger partial charge in [0, 0.05) is 51.0 Å². The van der Waals surface area contributed by atoms with Gasteiger partial charge in [0.2, 0.25) is 5.90 Å². The molecule has 0 saturated carbocycles. The number of halogens is 3. The fraction of sp³-hybridized carbons (Fsp3) is 0.235. The highest BCUT2D eigenvalue weighted by molar-refractivity contribution is 9.10. The molecule has 1 aliphatic heterocycles. The SMILES string of the molecule is [N-]=[N+]=NCc1ccccc1[C@H]1OC(c2ccc(OCCCO)cc2)=N[C@@]1(Cc1ccc(Br)cc1)C(=O)NCc1ccc(Cl)cc1Cl. The van der Waals surface area contributed by atoms with Crippen LogP contribution in [0.1, 0.15) is 40.3 Å². The first-order chi connectivity index (χ1) is 22.3. The molecule has 2 atom stereocenters. The van der Waals surface area contributed by atoms with E-state index >= 15 is 0 Å². The van der Waals surface area contributed by atoms with Crippen molar-refractivity contribution in [3.63, 3.8) is 0 Å². The van der Waals surface area contributed by atoms with Gasteiger partial charge >= 0.3 is 0 Å². The average molecular weight is 723 g/mol. The van der Waals surface area contributed by atoms with E-state index in [2.05, 4.69) is 31.3 Å². The first-order valence-electron chi connectivity index (χ1n) is 14.5. The van der Waals surface area contributed by atoms with Crippen LogP contribution in [0.3, 0.4) is 0 Å². The molecule has 0 fully saturated rings. The van der Waals surface area contributed by atoms with E-state index in [4.69, 9.17) is 48.3 Å². The maximum absolute atomic E-state index is 14.6. The normalized spacial score (nSPS) is 17.0. The highest BCUT2D eigenvalue weighted by atomic mass is 79.9. The Labute approximate surface area is 284 Å². The lowest BCUT2D eigenvalue weighted by molar-refractivity contribution is -0.129. The number of aliphatic hydroxyl groups is 1. The molecular formula is C34H30BrCl2N5O4. The molecule has 0 bridgehead atoms. The molecule has 1 amide bonds. The number of nitrogens with zero attached hydrogens (tertiary/aromatic N) is 4. The van der Waals surface area contributed by atoms with Crippen molar-refractivity contribution in [2.24, 2.45) is 10.1 Å². The number of amides is 1. The van der Waals surface area contributed by atoms with Gasteiger partial charge in [0.25, 0.3) is 5.91 Å². The Morgan fingerprint density at radius 2 is 1.83 bits per heavy atom. The molecule has 236 valence electrons. The summed E-state index contributed by atoms with van der Waals surface area (Å²) in [4.78, 5) is 22.6. The van der Waals surface area contributed by atoms with Crippen LogP contribution in [-0.2, 0) is 29.0 Å². The van der Waals surface area contributed by atoms with Gasteiger partial charge in [0.15, 0.2) is 11.6 Å². The summed E-state index contributed by atoms with van der Waals surface area (Å²) in [7, 11) is 0. The molecule has 0 spiro atoms. The number of hydrogen-bond acceptors (Lipinski definition) is 6. The molecular weight excluding hydrogens is 693 g/mol. The number of carbonyl (C=O) groups is 1. The molecule has 0 saturated heterocycles. The minimum absolute atomic E-state index is 0.0397. The molecule has 46 heavy (non-hydrogen) atoms. The fourth-order valence-electron chi connectivity index (χ4n) is 5.21. The van der Waals surface area contributed by atoms with E-state index in [1.54, 1.807) is 30.3 Å². The van der Waals surface area contributed by atoms with Crippen LogP contribution >= 0.6 is 39.1 Å². The number of rotatable bonds is 13. The Bertz CT molecular complexity index is 1760. The van der Waals surface area contributed by atoms with E-state index in [0.29, 0.717) is 51.1 Å². The number of hydrogen-bond donors (Lipinski definition) is 2. The summed E-state index contributed by atoms with van der Waals surface area (Å²) in [6.45, 7) is 0.621. The van der Waals surface area contributed by atoms with Crippen molar-refractivity contribution in [1.82, 2.24) is 5.32 Å². The number of azide groups is 1. The van der Waals surface area contributed by atoms with Crippen molar-refractivity contribution in [2.75, 3.05) is 13.2 Å². The summed E-state index contributed by atoms with van der Waals surface area (Å²) < 4.78 is 13.2. The van der Waals surface area contributed by atoms with Crippen LogP contribution in [0.5, 0.6) is 5.75 Å². The third-order valence-corrected chi connectivity index (χ3v) is 8.63. The summed E-state index contributed by atoms with van der Waals surface area (Å²) in [6.07, 6.45) is -0.159. The molecule has 12 heteroatoms. The van der Waals surface area contributed by atoms with Gasteiger partial charge in [-0.25, -0.2) is 4.99 Å². The van der Waals surface area contributed by atoms with Crippen LogP contribution in [0.2, 0.25) is 10.0 Å². The van der Waals surface area contributed by atoms with Gasteiger partial charge in [-0.15, -0.1) is 0 Å². The van der Waals surface area contributed by atoms with Crippen LogP contribution < -0.4 is 10.1 Å². The van der Waals surface area contributed by atoms with Crippen LogP contribution in [0.4, 0.5) is 0 Å². The summed E-state index contributed by atoms with van der Waals surface area (Å²) in [5.41, 5.74) is 11.2. The average Bonchev–Trinajstić information content (AvgIpc) is 3.45. The first kappa shape index (κ1) is 33.3. The summed E-state index contributed by atoms with van der Waals surface area (Å²) >= 11 is 16.0. The van der Waals surface area contributed by atoms with Crippen molar-refractivity contribution in [3.8, 4) is 5.75 Å². The number of carbonyl (C=O) groups excluding carboxylic acids is 1. The number of benzene rings is 4. The van der Waals surface area contributed by atoms with Gasteiger partial charge in [-0.1, -0.05) is 86.7 Å². The molecule has 0 unspecified atom stereocenters. The second-order valence-corrected chi connectivity index (χ2v) is 12.4. The predicted octanol–water partition coefficient (Wildman–Crippen LogP) is 8.14. The van der Waals surface area contributed by atoms with Crippen molar-refractivity contribution in [3.05, 3.63) is 144 Å². The Morgan fingerprint density at radius 1 is 1.07 bits per heavy atom. The summed E-state index contributed by atoms with van der Waals surface area (Å²) in [5, 5.41) is 16.9. The van der Waals surface area contributed by atoms with Crippen molar-refractivity contribution >= 4 is 50.9 Å². The van der Waals surface area contributed by atoms with Gasteiger partial charge in [-0.2, -0.15) is 0 Å². The van der Waals surface area contributed by atoms with Gasteiger partial charge in [-0.05, 0) is 76.3 Å². The molecule has 2 N–H and O–H groups in total. The standard InChI is InChI=1S/C34H30BrCl2N5O4/c35-26-11-6-22(7-12-26)19-34(33(44)39-20-25-8-13-27(36)18-30(25)37)31(29-5-2-1-4-24(29)21-40-42-38)46-32(41-34)23-9-14-28(15-10-23)45-17-3-16-43/h1-2,4-15,18,31,43H,3,16-17,19-21H2,(H,39,44)/t31-,34-/m1/s1. The van der Waals surface area contributed by atoms with E-state index in [9.17, 15) is 4.79 Å². The highest BCUT2D eigenvalue weighted by Crippen LogP contribution is 2.44. The fourth-order valence-corrected chi connectivity index (χ4v) is 5.95. The third kappa shape index (κ3) is 7.84. The minimum atomic E-state index is -1.47. The summed E-state index contributed by atoms with van der Waals surface area (Å²) in [5.74, 6) is 0.539. The second-order valence-electron chi connectivity index (χ2n) is 10.6. The topological polar surface area (TPSA) is 129 Å². The van der Waals surface area contributed by atoms with E-state index in [1.807, 2.05) is 60.7 Å². The molecule has 4 aromatic carbocycles. The smallest absolute Gasteiger partial charge is 0.252 e. The molecule has 1 aliphatic rings. The molecule has 5 rings (SSSR count). The zero-order valence-electron chi connectivity index (χ0n) is 24.6. The van der Waals surface area contributed by atoms with Gasteiger partial charge in [0.1, 0.15) is 5.75 Å². The maximum Gasteiger partial charge on any atom is 0.252 e. The molecule has 1 heterocycles. The van der Waals surface area contributed by atoms with E-state index in [1.165, 1.54) is 0 Å². The summed E-state index contributed by atoms with van der Waals surface area (Å²) in [6, 6.07) is 27.4. The quantitative estimate of drug-likeness (QED) is 0.0625. The Kier molecular flexibility index (Phi) is 11.2. The zero-order valence-corrected chi connectivity index (χ0v) is 27.7. The Hall–Kier alpha value is -4.05. The number of ether oxygens (including phenoxy) is 2.